The second kappa shape index (κ2) is 6.67. The molecule has 1 rings (SSSR count). The number of carboxylic acid groups (broad SMARTS) is 1. The zero-order valence-electron chi connectivity index (χ0n) is 11.4. The molecular weight excluding hydrogens is 284 g/mol. The SMILES string of the molecule is CC(C)(CCNCc1cc(Cl)ccc1[N+](=O)[O-])C(=O)O. The number of nitro benzene ring substituents is 1. The van der Waals surface area contributed by atoms with Crippen molar-refractivity contribution in [3.05, 3.63) is 38.9 Å². The first-order valence-corrected chi connectivity index (χ1v) is 6.49. The van der Waals surface area contributed by atoms with Gasteiger partial charge in [-0.3, -0.25) is 14.9 Å². The van der Waals surface area contributed by atoms with E-state index in [9.17, 15) is 14.9 Å². The van der Waals surface area contributed by atoms with E-state index in [1.54, 1.807) is 13.8 Å². The third-order valence-electron chi connectivity index (χ3n) is 3.06. The molecular formula is C13H17ClN2O4. The molecule has 110 valence electrons. The van der Waals surface area contributed by atoms with Crippen LogP contribution in [0.15, 0.2) is 18.2 Å². The number of nitro groups is 1. The summed E-state index contributed by atoms with van der Waals surface area (Å²) in [5.74, 6) is -0.868. The fourth-order valence-corrected chi connectivity index (χ4v) is 1.80. The molecule has 0 saturated carbocycles. The van der Waals surface area contributed by atoms with Crippen LogP contribution in [0, 0.1) is 15.5 Å². The van der Waals surface area contributed by atoms with Crippen LogP contribution in [0.4, 0.5) is 5.69 Å². The standard InChI is InChI=1S/C13H17ClN2O4/c1-13(2,12(17)18)5-6-15-8-9-7-10(14)3-4-11(9)16(19)20/h3-4,7,15H,5-6,8H2,1-2H3,(H,17,18). The number of benzene rings is 1. The minimum Gasteiger partial charge on any atom is -0.481 e. The number of carbonyl (C=O) groups is 1. The third-order valence-corrected chi connectivity index (χ3v) is 3.29. The highest BCUT2D eigenvalue weighted by molar-refractivity contribution is 6.30. The molecule has 1 aromatic carbocycles. The lowest BCUT2D eigenvalue weighted by molar-refractivity contribution is -0.385. The molecule has 0 amide bonds. The zero-order chi connectivity index (χ0) is 15.3. The summed E-state index contributed by atoms with van der Waals surface area (Å²) in [7, 11) is 0. The Bertz CT molecular complexity index is 517. The van der Waals surface area contributed by atoms with Crippen LogP contribution in [0.5, 0.6) is 0 Å². The number of aliphatic carboxylic acids is 1. The second-order valence-corrected chi connectivity index (χ2v) is 5.58. The largest absolute Gasteiger partial charge is 0.481 e. The van der Waals surface area contributed by atoms with Crippen LogP contribution in [0.25, 0.3) is 0 Å². The van der Waals surface area contributed by atoms with Gasteiger partial charge in [0.25, 0.3) is 5.69 Å². The van der Waals surface area contributed by atoms with Gasteiger partial charge in [-0.05, 0) is 38.9 Å². The maximum atomic E-state index is 10.9. The summed E-state index contributed by atoms with van der Waals surface area (Å²) < 4.78 is 0. The van der Waals surface area contributed by atoms with Crippen molar-refractivity contribution in [2.45, 2.75) is 26.8 Å². The number of hydrogen-bond acceptors (Lipinski definition) is 4. The van der Waals surface area contributed by atoms with Gasteiger partial charge in [-0.25, -0.2) is 0 Å². The highest BCUT2D eigenvalue weighted by Crippen LogP contribution is 2.23. The van der Waals surface area contributed by atoms with Crippen molar-refractivity contribution in [1.82, 2.24) is 5.32 Å². The summed E-state index contributed by atoms with van der Waals surface area (Å²) in [5.41, 5.74) is -0.345. The lowest BCUT2D eigenvalue weighted by Crippen LogP contribution is -2.28. The third kappa shape index (κ3) is 4.47. The molecule has 0 atom stereocenters. The Morgan fingerprint density at radius 2 is 2.15 bits per heavy atom. The average Bonchev–Trinajstić information content (AvgIpc) is 2.34. The van der Waals surface area contributed by atoms with E-state index in [1.165, 1.54) is 18.2 Å². The molecule has 0 spiro atoms. The van der Waals surface area contributed by atoms with Crippen molar-refractivity contribution in [1.29, 1.82) is 0 Å². The smallest absolute Gasteiger partial charge is 0.309 e. The van der Waals surface area contributed by atoms with Gasteiger partial charge in [-0.1, -0.05) is 11.6 Å². The van der Waals surface area contributed by atoms with E-state index in [0.717, 1.165) is 0 Å². The van der Waals surface area contributed by atoms with Crippen molar-refractivity contribution >= 4 is 23.3 Å². The molecule has 6 nitrogen and oxygen atoms in total. The fourth-order valence-electron chi connectivity index (χ4n) is 1.60. The fraction of sp³-hybridized carbons (Fsp3) is 0.462. The number of carboxylic acids is 1. The van der Waals surface area contributed by atoms with Gasteiger partial charge in [0.2, 0.25) is 0 Å². The topological polar surface area (TPSA) is 92.5 Å². The maximum absolute atomic E-state index is 10.9. The number of nitrogens with one attached hydrogen (secondary N) is 1. The minimum absolute atomic E-state index is 0.000560. The van der Waals surface area contributed by atoms with Gasteiger partial charge in [-0.15, -0.1) is 0 Å². The Morgan fingerprint density at radius 1 is 1.50 bits per heavy atom. The Morgan fingerprint density at radius 3 is 2.70 bits per heavy atom. The Hall–Kier alpha value is -1.66. The van der Waals surface area contributed by atoms with Crippen molar-refractivity contribution < 1.29 is 14.8 Å². The lowest BCUT2D eigenvalue weighted by Gasteiger charge is -2.18. The second-order valence-electron chi connectivity index (χ2n) is 5.15. The summed E-state index contributed by atoms with van der Waals surface area (Å²) in [4.78, 5) is 21.3. The van der Waals surface area contributed by atoms with Gasteiger partial charge in [0.15, 0.2) is 0 Å². The molecule has 0 bridgehead atoms. The number of hydrogen-bond donors (Lipinski definition) is 2. The van der Waals surface area contributed by atoms with E-state index in [2.05, 4.69) is 5.32 Å². The van der Waals surface area contributed by atoms with Gasteiger partial charge < -0.3 is 10.4 Å². The van der Waals surface area contributed by atoms with Crippen molar-refractivity contribution in [3.8, 4) is 0 Å². The highest BCUT2D eigenvalue weighted by atomic mass is 35.5. The number of halogens is 1. The molecule has 0 radical (unpaired) electrons. The molecule has 0 fully saturated rings. The monoisotopic (exact) mass is 300 g/mol. The predicted octanol–water partition coefficient (Wildman–Crippen LogP) is 2.84. The summed E-state index contributed by atoms with van der Waals surface area (Å²) >= 11 is 5.82. The van der Waals surface area contributed by atoms with Crippen LogP contribution in [0.3, 0.4) is 0 Å². The molecule has 0 unspecified atom stereocenters. The van der Waals surface area contributed by atoms with Crippen LogP contribution >= 0.6 is 11.6 Å². The van der Waals surface area contributed by atoms with E-state index < -0.39 is 16.3 Å². The van der Waals surface area contributed by atoms with E-state index >= 15 is 0 Å². The molecule has 1 aromatic rings. The van der Waals surface area contributed by atoms with E-state index in [0.29, 0.717) is 23.6 Å². The molecule has 0 aliphatic rings. The van der Waals surface area contributed by atoms with Gasteiger partial charge in [0.05, 0.1) is 10.3 Å². The van der Waals surface area contributed by atoms with Gasteiger partial charge in [0.1, 0.15) is 0 Å². The first-order chi connectivity index (χ1) is 9.24. The highest BCUT2D eigenvalue weighted by Gasteiger charge is 2.26. The summed E-state index contributed by atoms with van der Waals surface area (Å²) in [6.07, 6.45) is 0.427. The minimum atomic E-state index is -0.868. The Labute approximate surface area is 121 Å². The van der Waals surface area contributed by atoms with Crippen LogP contribution in [0.2, 0.25) is 5.02 Å². The van der Waals surface area contributed by atoms with Crippen molar-refractivity contribution in [2.24, 2.45) is 5.41 Å². The Kier molecular flexibility index (Phi) is 5.47. The van der Waals surface area contributed by atoms with E-state index in [-0.39, 0.29) is 12.2 Å². The van der Waals surface area contributed by atoms with Crippen LogP contribution in [-0.2, 0) is 11.3 Å². The van der Waals surface area contributed by atoms with Gasteiger partial charge >= 0.3 is 5.97 Å². The molecule has 0 heterocycles. The lowest BCUT2D eigenvalue weighted by atomic mass is 9.90. The number of nitrogens with zero attached hydrogens (tertiary/aromatic N) is 1. The van der Waals surface area contributed by atoms with Crippen LogP contribution < -0.4 is 5.32 Å². The molecule has 20 heavy (non-hydrogen) atoms. The van der Waals surface area contributed by atoms with E-state index in [1.807, 2.05) is 0 Å². The molecule has 2 N–H and O–H groups in total. The van der Waals surface area contributed by atoms with Crippen LogP contribution in [0.1, 0.15) is 25.8 Å². The van der Waals surface area contributed by atoms with E-state index in [4.69, 9.17) is 16.7 Å². The molecule has 0 aliphatic heterocycles. The summed E-state index contributed by atoms with van der Waals surface area (Å²) in [5, 5.41) is 23.3. The van der Waals surface area contributed by atoms with Crippen LogP contribution in [-0.4, -0.2) is 22.5 Å². The molecule has 0 aliphatic carbocycles. The summed E-state index contributed by atoms with van der Waals surface area (Å²) in [6, 6.07) is 4.37. The first-order valence-electron chi connectivity index (χ1n) is 6.11. The first kappa shape index (κ1) is 16.4. The summed E-state index contributed by atoms with van der Waals surface area (Å²) in [6.45, 7) is 3.99. The van der Waals surface area contributed by atoms with Gasteiger partial charge in [0, 0.05) is 23.2 Å². The normalized spacial score (nSPS) is 11.3. The average molecular weight is 301 g/mol. The zero-order valence-corrected chi connectivity index (χ0v) is 12.1. The Balaban J connectivity index is 2.60. The molecule has 0 aromatic heterocycles. The molecule has 7 heteroatoms. The quantitative estimate of drug-likeness (QED) is 0.459. The molecule has 0 saturated heterocycles. The predicted molar refractivity (Wildman–Crippen MR) is 75.8 cm³/mol. The van der Waals surface area contributed by atoms with Gasteiger partial charge in [-0.2, -0.15) is 0 Å². The van der Waals surface area contributed by atoms with Crippen molar-refractivity contribution in [3.63, 3.8) is 0 Å². The maximum Gasteiger partial charge on any atom is 0.309 e. The van der Waals surface area contributed by atoms with Crippen molar-refractivity contribution in [2.75, 3.05) is 6.54 Å². The number of rotatable bonds is 7.